The van der Waals surface area contributed by atoms with E-state index in [4.69, 9.17) is 28.3 Å². The minimum atomic E-state index is -1.10. The average Bonchev–Trinajstić information content (AvgIpc) is 2.27. The maximum atomic E-state index is 11.4. The fourth-order valence-corrected chi connectivity index (χ4v) is 1.60. The number of hydrogen-bond acceptors (Lipinski definition) is 2. The zero-order chi connectivity index (χ0) is 13.7. The summed E-state index contributed by atoms with van der Waals surface area (Å²) in [4.78, 5) is 21.9. The molecule has 0 spiro atoms. The molecule has 0 bridgehead atoms. The average molecular weight is 288 g/mol. The van der Waals surface area contributed by atoms with E-state index in [0.29, 0.717) is 15.6 Å². The second-order valence-electron chi connectivity index (χ2n) is 3.57. The topological polar surface area (TPSA) is 66.4 Å². The van der Waals surface area contributed by atoms with Crippen molar-refractivity contribution in [1.82, 2.24) is 5.32 Å². The van der Waals surface area contributed by atoms with Crippen molar-refractivity contribution < 1.29 is 14.7 Å². The summed E-state index contributed by atoms with van der Waals surface area (Å²) in [6, 6.07) is 3.92. The fourth-order valence-electron chi connectivity index (χ4n) is 1.13. The first-order valence-corrected chi connectivity index (χ1v) is 5.82. The van der Waals surface area contributed by atoms with E-state index in [1.165, 1.54) is 19.1 Å². The van der Waals surface area contributed by atoms with Gasteiger partial charge in [0.15, 0.2) is 0 Å². The minimum Gasteiger partial charge on any atom is -0.480 e. The molecule has 4 nitrogen and oxygen atoms in total. The van der Waals surface area contributed by atoms with Gasteiger partial charge < -0.3 is 10.4 Å². The molecule has 6 heteroatoms. The molecule has 0 aliphatic rings. The molecule has 0 aromatic heterocycles. The van der Waals surface area contributed by atoms with Crippen LogP contribution >= 0.6 is 23.2 Å². The smallest absolute Gasteiger partial charge is 0.325 e. The monoisotopic (exact) mass is 287 g/mol. The summed E-state index contributed by atoms with van der Waals surface area (Å²) in [7, 11) is 0. The lowest BCUT2D eigenvalue weighted by Crippen LogP contribution is -2.37. The van der Waals surface area contributed by atoms with Gasteiger partial charge in [0, 0.05) is 16.1 Å². The van der Waals surface area contributed by atoms with Crippen LogP contribution in [0.3, 0.4) is 0 Å². The van der Waals surface area contributed by atoms with E-state index in [-0.39, 0.29) is 0 Å². The van der Waals surface area contributed by atoms with E-state index < -0.39 is 17.9 Å². The highest BCUT2D eigenvalue weighted by Crippen LogP contribution is 2.21. The van der Waals surface area contributed by atoms with Crippen LogP contribution in [0.15, 0.2) is 24.3 Å². The molecule has 1 atom stereocenters. The minimum absolute atomic E-state index is 0.415. The molecule has 0 fully saturated rings. The molecule has 18 heavy (non-hydrogen) atoms. The van der Waals surface area contributed by atoms with Gasteiger partial charge in [-0.3, -0.25) is 9.59 Å². The maximum absolute atomic E-state index is 11.4. The first-order valence-electron chi connectivity index (χ1n) is 5.06. The number of carboxylic acids is 1. The second kappa shape index (κ2) is 6.42. The number of hydrogen-bond donors (Lipinski definition) is 2. The van der Waals surface area contributed by atoms with Crippen molar-refractivity contribution in [2.75, 3.05) is 0 Å². The molecule has 0 saturated carbocycles. The zero-order valence-corrected chi connectivity index (χ0v) is 11.0. The molecule has 0 saturated heterocycles. The highest BCUT2D eigenvalue weighted by Gasteiger charge is 2.11. The number of amides is 1. The lowest BCUT2D eigenvalue weighted by atomic mass is 10.2. The van der Waals surface area contributed by atoms with Crippen molar-refractivity contribution >= 4 is 41.2 Å². The van der Waals surface area contributed by atoms with Gasteiger partial charge >= 0.3 is 5.97 Å². The summed E-state index contributed by atoms with van der Waals surface area (Å²) in [5.74, 6) is -1.60. The van der Waals surface area contributed by atoms with Gasteiger partial charge in [-0.25, -0.2) is 0 Å². The Kier molecular flexibility index (Phi) is 5.19. The Morgan fingerprint density at radius 3 is 2.61 bits per heavy atom. The molecule has 1 rings (SSSR count). The van der Waals surface area contributed by atoms with Crippen LogP contribution in [0.1, 0.15) is 12.5 Å². The van der Waals surface area contributed by atoms with Gasteiger partial charge in [-0.15, -0.1) is 0 Å². The van der Waals surface area contributed by atoms with Gasteiger partial charge in [0.05, 0.1) is 0 Å². The first-order chi connectivity index (χ1) is 8.40. The SMILES string of the molecule is C[C@@H](NC(=O)C=Cc1ccc(Cl)cc1Cl)C(=O)O. The molecule has 1 amide bonds. The summed E-state index contributed by atoms with van der Waals surface area (Å²) in [6.45, 7) is 1.38. The van der Waals surface area contributed by atoms with Crippen LogP contribution in [0.5, 0.6) is 0 Å². The maximum Gasteiger partial charge on any atom is 0.325 e. The number of carbonyl (C=O) groups excluding carboxylic acids is 1. The lowest BCUT2D eigenvalue weighted by molar-refractivity contribution is -0.140. The Morgan fingerprint density at radius 2 is 2.06 bits per heavy atom. The highest BCUT2D eigenvalue weighted by molar-refractivity contribution is 6.35. The number of rotatable bonds is 4. The van der Waals surface area contributed by atoms with E-state index in [1.54, 1.807) is 18.2 Å². The van der Waals surface area contributed by atoms with Crippen LogP contribution in [0.25, 0.3) is 6.08 Å². The Bertz CT molecular complexity index is 500. The van der Waals surface area contributed by atoms with Crippen LogP contribution < -0.4 is 5.32 Å². The molecular weight excluding hydrogens is 277 g/mol. The zero-order valence-electron chi connectivity index (χ0n) is 9.48. The van der Waals surface area contributed by atoms with Gasteiger partial charge in [0.1, 0.15) is 6.04 Å². The molecule has 1 aromatic carbocycles. The Hall–Kier alpha value is -1.52. The van der Waals surface area contributed by atoms with Crippen molar-refractivity contribution in [3.8, 4) is 0 Å². The highest BCUT2D eigenvalue weighted by atomic mass is 35.5. The molecule has 0 heterocycles. The van der Waals surface area contributed by atoms with Crippen molar-refractivity contribution in [3.05, 3.63) is 39.9 Å². The molecule has 0 aliphatic carbocycles. The third kappa shape index (κ3) is 4.39. The summed E-state index contributed by atoms with van der Waals surface area (Å²) in [6.07, 6.45) is 2.71. The van der Waals surface area contributed by atoms with Crippen molar-refractivity contribution in [2.45, 2.75) is 13.0 Å². The van der Waals surface area contributed by atoms with Gasteiger partial charge in [-0.1, -0.05) is 29.3 Å². The summed E-state index contributed by atoms with van der Waals surface area (Å²) in [5.41, 5.74) is 0.624. The van der Waals surface area contributed by atoms with Crippen molar-refractivity contribution in [2.24, 2.45) is 0 Å². The largest absolute Gasteiger partial charge is 0.480 e. The summed E-state index contributed by atoms with van der Waals surface area (Å²) < 4.78 is 0. The Morgan fingerprint density at radius 1 is 1.39 bits per heavy atom. The molecular formula is C12H11Cl2NO3. The summed E-state index contributed by atoms with van der Waals surface area (Å²) in [5, 5.41) is 11.8. The van der Waals surface area contributed by atoms with Gasteiger partial charge in [0.2, 0.25) is 5.91 Å². The summed E-state index contributed by atoms with van der Waals surface area (Å²) >= 11 is 11.6. The van der Waals surface area contributed by atoms with Gasteiger partial charge in [0.25, 0.3) is 0 Å². The molecule has 0 aliphatic heterocycles. The molecule has 0 unspecified atom stereocenters. The van der Waals surface area contributed by atoms with E-state index in [0.717, 1.165) is 0 Å². The van der Waals surface area contributed by atoms with Crippen LogP contribution in [0.4, 0.5) is 0 Å². The molecule has 96 valence electrons. The quantitative estimate of drug-likeness (QED) is 0.837. The molecule has 0 radical (unpaired) electrons. The fraction of sp³-hybridized carbons (Fsp3) is 0.167. The second-order valence-corrected chi connectivity index (χ2v) is 4.41. The number of carbonyl (C=O) groups is 2. The predicted octanol–water partition coefficient (Wildman–Crippen LogP) is 2.60. The normalized spacial score (nSPS) is 12.4. The number of nitrogens with one attached hydrogen (secondary N) is 1. The van der Waals surface area contributed by atoms with Gasteiger partial charge in [-0.05, 0) is 30.7 Å². The lowest BCUT2D eigenvalue weighted by Gasteiger charge is -2.06. The predicted molar refractivity (Wildman–Crippen MR) is 70.7 cm³/mol. The first kappa shape index (κ1) is 14.5. The number of carboxylic acid groups (broad SMARTS) is 1. The number of aliphatic carboxylic acids is 1. The van der Waals surface area contributed by atoms with Crippen LogP contribution in [0.2, 0.25) is 10.0 Å². The standard InChI is InChI=1S/C12H11Cl2NO3/c1-7(12(17)18)15-11(16)5-3-8-2-4-9(13)6-10(8)14/h2-7H,1H3,(H,15,16)(H,17,18)/t7-/m1/s1. The Labute approximate surface area is 114 Å². The number of halogens is 2. The van der Waals surface area contributed by atoms with Crippen molar-refractivity contribution in [1.29, 1.82) is 0 Å². The number of benzene rings is 1. The van der Waals surface area contributed by atoms with Crippen LogP contribution in [-0.4, -0.2) is 23.0 Å². The van der Waals surface area contributed by atoms with E-state index in [1.807, 2.05) is 0 Å². The van der Waals surface area contributed by atoms with Crippen LogP contribution in [-0.2, 0) is 9.59 Å². The van der Waals surface area contributed by atoms with E-state index in [9.17, 15) is 9.59 Å². The van der Waals surface area contributed by atoms with Crippen molar-refractivity contribution in [3.63, 3.8) is 0 Å². The van der Waals surface area contributed by atoms with E-state index in [2.05, 4.69) is 5.32 Å². The molecule has 1 aromatic rings. The third-order valence-corrected chi connectivity index (χ3v) is 2.67. The van der Waals surface area contributed by atoms with Gasteiger partial charge in [-0.2, -0.15) is 0 Å². The Balaban J connectivity index is 2.69. The molecule has 2 N–H and O–H groups in total. The van der Waals surface area contributed by atoms with E-state index >= 15 is 0 Å². The third-order valence-electron chi connectivity index (χ3n) is 2.11. The van der Waals surface area contributed by atoms with Crippen LogP contribution in [0, 0.1) is 0 Å².